The molecule has 4 nitrogen and oxygen atoms in total. The van der Waals surface area contributed by atoms with Gasteiger partial charge in [0.2, 0.25) is 0 Å². The third kappa shape index (κ3) is 2.84. The van der Waals surface area contributed by atoms with Crippen molar-refractivity contribution < 1.29 is 4.74 Å². The van der Waals surface area contributed by atoms with Gasteiger partial charge in [-0.15, -0.1) is 0 Å². The summed E-state index contributed by atoms with van der Waals surface area (Å²) >= 11 is 9.26. The SMILES string of the molecule is CCc1nn(C)c(COc2ccc(Cl)nc2)c1Br. The minimum Gasteiger partial charge on any atom is -0.486 e. The van der Waals surface area contributed by atoms with Crippen LogP contribution in [0.25, 0.3) is 0 Å². The lowest BCUT2D eigenvalue weighted by molar-refractivity contribution is 0.293. The van der Waals surface area contributed by atoms with Crippen LogP contribution >= 0.6 is 27.5 Å². The number of pyridine rings is 1. The normalized spacial score (nSPS) is 10.7. The van der Waals surface area contributed by atoms with Crippen molar-refractivity contribution >= 4 is 27.5 Å². The molecule has 2 aromatic heterocycles. The smallest absolute Gasteiger partial charge is 0.138 e. The van der Waals surface area contributed by atoms with Crippen molar-refractivity contribution in [3.63, 3.8) is 0 Å². The number of halogens is 2. The lowest BCUT2D eigenvalue weighted by Gasteiger charge is -2.06. The Morgan fingerprint density at radius 2 is 2.22 bits per heavy atom. The van der Waals surface area contributed by atoms with Crippen molar-refractivity contribution in [2.24, 2.45) is 7.05 Å². The van der Waals surface area contributed by atoms with Crippen molar-refractivity contribution in [1.29, 1.82) is 0 Å². The van der Waals surface area contributed by atoms with Gasteiger partial charge in [-0.25, -0.2) is 4.98 Å². The largest absolute Gasteiger partial charge is 0.486 e. The number of aryl methyl sites for hydroxylation is 2. The van der Waals surface area contributed by atoms with Crippen LogP contribution in [0.2, 0.25) is 5.15 Å². The average Bonchev–Trinajstić information content (AvgIpc) is 2.64. The Bertz CT molecular complexity index is 539. The van der Waals surface area contributed by atoms with E-state index in [1.165, 1.54) is 0 Å². The molecule has 2 heterocycles. The molecule has 0 saturated carbocycles. The first-order valence-corrected chi connectivity index (χ1v) is 6.73. The monoisotopic (exact) mass is 329 g/mol. The number of rotatable bonds is 4. The first kappa shape index (κ1) is 13.4. The first-order chi connectivity index (χ1) is 8.61. The van der Waals surface area contributed by atoms with E-state index in [1.54, 1.807) is 18.3 Å². The molecule has 2 aromatic rings. The van der Waals surface area contributed by atoms with Crippen molar-refractivity contribution in [2.75, 3.05) is 0 Å². The maximum Gasteiger partial charge on any atom is 0.138 e. The van der Waals surface area contributed by atoms with E-state index in [0.717, 1.165) is 22.3 Å². The zero-order valence-corrected chi connectivity index (χ0v) is 12.5. The molecule has 0 N–H and O–H groups in total. The highest BCUT2D eigenvalue weighted by Crippen LogP contribution is 2.23. The molecular weight excluding hydrogens is 318 g/mol. The van der Waals surface area contributed by atoms with Crippen LogP contribution in [0.3, 0.4) is 0 Å². The third-order valence-electron chi connectivity index (χ3n) is 2.58. The van der Waals surface area contributed by atoms with Crippen LogP contribution in [0.5, 0.6) is 5.75 Å². The van der Waals surface area contributed by atoms with E-state index in [-0.39, 0.29) is 0 Å². The van der Waals surface area contributed by atoms with Crippen LogP contribution in [0.15, 0.2) is 22.8 Å². The molecule has 0 aliphatic rings. The van der Waals surface area contributed by atoms with E-state index >= 15 is 0 Å². The summed E-state index contributed by atoms with van der Waals surface area (Å²) in [4.78, 5) is 3.96. The zero-order valence-electron chi connectivity index (χ0n) is 10.2. The van der Waals surface area contributed by atoms with Gasteiger partial charge in [-0.3, -0.25) is 4.68 Å². The zero-order chi connectivity index (χ0) is 13.1. The lowest BCUT2D eigenvalue weighted by Crippen LogP contribution is -2.03. The highest BCUT2D eigenvalue weighted by atomic mass is 79.9. The number of nitrogens with zero attached hydrogens (tertiary/aromatic N) is 3. The summed E-state index contributed by atoms with van der Waals surface area (Å²) in [5.41, 5.74) is 2.03. The first-order valence-electron chi connectivity index (χ1n) is 5.56. The summed E-state index contributed by atoms with van der Waals surface area (Å²) in [5.74, 6) is 0.686. The molecule has 2 rings (SSSR count). The van der Waals surface area contributed by atoms with Gasteiger partial charge in [-0.05, 0) is 34.5 Å². The topological polar surface area (TPSA) is 39.9 Å². The van der Waals surface area contributed by atoms with Gasteiger partial charge in [-0.1, -0.05) is 18.5 Å². The summed E-state index contributed by atoms with van der Waals surface area (Å²) in [6.45, 7) is 2.51. The minimum absolute atomic E-state index is 0.438. The van der Waals surface area contributed by atoms with Gasteiger partial charge < -0.3 is 4.74 Å². The Kier molecular flexibility index (Phi) is 4.24. The van der Waals surface area contributed by atoms with E-state index in [4.69, 9.17) is 16.3 Å². The fraction of sp³-hybridized carbons (Fsp3) is 0.333. The van der Waals surface area contributed by atoms with Gasteiger partial charge in [0.1, 0.15) is 17.5 Å². The molecule has 0 fully saturated rings. The van der Waals surface area contributed by atoms with Crippen molar-refractivity contribution in [3.05, 3.63) is 39.3 Å². The molecule has 0 aliphatic carbocycles. The molecule has 0 aromatic carbocycles. The van der Waals surface area contributed by atoms with Crippen molar-refractivity contribution in [1.82, 2.24) is 14.8 Å². The molecule has 0 unspecified atom stereocenters. The Labute approximate surface area is 119 Å². The second kappa shape index (κ2) is 5.71. The van der Waals surface area contributed by atoms with Crippen LogP contribution in [-0.4, -0.2) is 14.8 Å². The van der Waals surface area contributed by atoms with Crippen LogP contribution in [0.4, 0.5) is 0 Å². The number of hydrogen-bond donors (Lipinski definition) is 0. The molecule has 0 atom stereocenters. The molecule has 0 amide bonds. The summed E-state index contributed by atoms with van der Waals surface area (Å²) in [6, 6.07) is 3.49. The van der Waals surface area contributed by atoms with E-state index in [9.17, 15) is 0 Å². The fourth-order valence-corrected chi connectivity index (χ4v) is 2.42. The molecular formula is C12H13BrClN3O. The molecule has 0 bridgehead atoms. The van der Waals surface area contributed by atoms with Gasteiger partial charge in [0, 0.05) is 7.05 Å². The molecule has 18 heavy (non-hydrogen) atoms. The Morgan fingerprint density at radius 3 is 2.78 bits per heavy atom. The van der Waals surface area contributed by atoms with Crippen LogP contribution in [0.1, 0.15) is 18.3 Å². The average molecular weight is 331 g/mol. The molecule has 0 spiro atoms. The molecule has 6 heteroatoms. The van der Waals surface area contributed by atoms with E-state index in [2.05, 4.69) is 32.9 Å². The van der Waals surface area contributed by atoms with Crippen molar-refractivity contribution in [3.8, 4) is 5.75 Å². The Hall–Kier alpha value is -1.07. The number of ether oxygens (including phenoxy) is 1. The van der Waals surface area contributed by atoms with Crippen LogP contribution in [-0.2, 0) is 20.1 Å². The predicted octanol–water partition coefficient (Wildman–Crippen LogP) is 3.37. The molecule has 0 aliphatic heterocycles. The Balaban J connectivity index is 2.10. The molecule has 0 saturated heterocycles. The van der Waals surface area contributed by atoms with Crippen molar-refractivity contribution in [2.45, 2.75) is 20.0 Å². The summed E-state index contributed by atoms with van der Waals surface area (Å²) in [6.07, 6.45) is 2.49. The van der Waals surface area contributed by atoms with Gasteiger partial charge in [0.15, 0.2) is 0 Å². The fourth-order valence-electron chi connectivity index (χ4n) is 1.58. The minimum atomic E-state index is 0.438. The molecule has 96 valence electrons. The highest BCUT2D eigenvalue weighted by molar-refractivity contribution is 9.10. The standard InChI is InChI=1S/C12H13BrClN3O/c1-3-9-12(13)10(17(2)16-9)7-18-8-4-5-11(14)15-6-8/h4-6H,3,7H2,1-2H3. The van der Waals surface area contributed by atoms with Crippen LogP contribution in [0, 0.1) is 0 Å². The second-order valence-corrected chi connectivity index (χ2v) is 4.97. The predicted molar refractivity (Wildman–Crippen MR) is 73.9 cm³/mol. The maximum absolute atomic E-state index is 5.71. The quantitative estimate of drug-likeness (QED) is 0.807. The third-order valence-corrected chi connectivity index (χ3v) is 3.72. The number of hydrogen-bond acceptors (Lipinski definition) is 3. The summed E-state index contributed by atoms with van der Waals surface area (Å²) in [7, 11) is 1.91. The number of aromatic nitrogens is 3. The second-order valence-electron chi connectivity index (χ2n) is 3.79. The molecule has 0 radical (unpaired) electrons. The maximum atomic E-state index is 5.71. The Morgan fingerprint density at radius 1 is 1.44 bits per heavy atom. The summed E-state index contributed by atoms with van der Waals surface area (Å²) < 4.78 is 8.49. The van der Waals surface area contributed by atoms with Gasteiger partial charge in [0.25, 0.3) is 0 Å². The van der Waals surface area contributed by atoms with Gasteiger partial charge in [-0.2, -0.15) is 5.10 Å². The van der Waals surface area contributed by atoms with Crippen LogP contribution < -0.4 is 4.74 Å². The summed E-state index contributed by atoms with van der Waals surface area (Å²) in [5, 5.41) is 4.86. The highest BCUT2D eigenvalue weighted by Gasteiger charge is 2.12. The van der Waals surface area contributed by atoms with Gasteiger partial charge >= 0.3 is 0 Å². The lowest BCUT2D eigenvalue weighted by atomic mass is 10.3. The van der Waals surface area contributed by atoms with E-state index in [0.29, 0.717) is 17.5 Å². The van der Waals surface area contributed by atoms with E-state index in [1.807, 2.05) is 11.7 Å². The van der Waals surface area contributed by atoms with E-state index < -0.39 is 0 Å². The van der Waals surface area contributed by atoms with Gasteiger partial charge in [0.05, 0.1) is 22.1 Å².